The smallest absolute Gasteiger partial charge is 0.255 e. The van der Waals surface area contributed by atoms with E-state index in [1.165, 1.54) is 0 Å². The first-order valence-corrected chi connectivity index (χ1v) is 9.37. The van der Waals surface area contributed by atoms with Crippen LogP contribution in [0.3, 0.4) is 0 Å². The Kier molecular flexibility index (Phi) is 5.49. The lowest BCUT2D eigenvalue weighted by Crippen LogP contribution is -2.27. The Balaban J connectivity index is 1.72. The first-order valence-electron chi connectivity index (χ1n) is 9.37. The highest BCUT2D eigenvalue weighted by Crippen LogP contribution is 2.24. The molecule has 0 bridgehead atoms. The molecule has 0 radical (unpaired) electrons. The van der Waals surface area contributed by atoms with Gasteiger partial charge in [0, 0.05) is 41.0 Å². The number of rotatable bonds is 4. The Labute approximate surface area is 164 Å². The lowest BCUT2D eigenvalue weighted by Gasteiger charge is -2.18. The number of anilines is 3. The molecule has 0 unspecified atom stereocenters. The summed E-state index contributed by atoms with van der Waals surface area (Å²) in [6.07, 6.45) is 1.38. The van der Waals surface area contributed by atoms with Crippen LogP contribution in [0, 0.1) is 5.41 Å². The van der Waals surface area contributed by atoms with Crippen molar-refractivity contribution in [2.24, 2.45) is 5.41 Å². The van der Waals surface area contributed by atoms with Gasteiger partial charge in [0.1, 0.15) is 0 Å². The molecule has 1 aliphatic rings. The van der Waals surface area contributed by atoms with Crippen molar-refractivity contribution in [3.8, 4) is 0 Å². The fraction of sp³-hybridized carbons (Fsp3) is 0.318. The van der Waals surface area contributed by atoms with Gasteiger partial charge in [-0.15, -0.1) is 0 Å². The average Bonchev–Trinajstić information content (AvgIpc) is 3.07. The predicted octanol–water partition coefficient (Wildman–Crippen LogP) is 4.05. The number of nitrogens with zero attached hydrogens (tertiary/aromatic N) is 1. The number of hydrogen-bond donors (Lipinski definition) is 2. The molecule has 146 valence electrons. The Hall–Kier alpha value is -3.15. The fourth-order valence-corrected chi connectivity index (χ4v) is 2.93. The maximum Gasteiger partial charge on any atom is 0.255 e. The minimum atomic E-state index is -0.507. The van der Waals surface area contributed by atoms with Crippen LogP contribution in [0.5, 0.6) is 0 Å². The molecule has 6 nitrogen and oxygen atoms in total. The zero-order valence-electron chi connectivity index (χ0n) is 16.4. The van der Waals surface area contributed by atoms with E-state index in [0.29, 0.717) is 29.9 Å². The van der Waals surface area contributed by atoms with Crippen LogP contribution in [-0.4, -0.2) is 24.3 Å². The van der Waals surface area contributed by atoms with Crippen molar-refractivity contribution in [3.05, 3.63) is 54.1 Å². The third-order valence-electron chi connectivity index (χ3n) is 4.55. The first-order chi connectivity index (χ1) is 13.2. The molecular formula is C22H25N3O3. The van der Waals surface area contributed by atoms with Crippen LogP contribution in [0.15, 0.2) is 48.5 Å². The normalized spacial score (nSPS) is 14.1. The van der Waals surface area contributed by atoms with Gasteiger partial charge in [0.25, 0.3) is 5.91 Å². The summed E-state index contributed by atoms with van der Waals surface area (Å²) in [6.45, 7) is 6.20. The highest BCUT2D eigenvalue weighted by Gasteiger charge is 2.23. The van der Waals surface area contributed by atoms with Crippen LogP contribution in [0.25, 0.3) is 0 Å². The quantitative estimate of drug-likeness (QED) is 0.841. The summed E-state index contributed by atoms with van der Waals surface area (Å²) < 4.78 is 0. The minimum absolute atomic E-state index is 0.0832. The van der Waals surface area contributed by atoms with Crippen molar-refractivity contribution in [2.75, 3.05) is 22.1 Å². The lowest BCUT2D eigenvalue weighted by molar-refractivity contribution is -0.123. The van der Waals surface area contributed by atoms with Crippen LogP contribution in [0.2, 0.25) is 0 Å². The molecule has 2 N–H and O–H groups in total. The molecule has 1 fully saturated rings. The SMILES string of the molecule is CC(C)(C)C(=O)Nc1cccc(NC(=O)c2cccc(N3CCCC3=O)c2)c1. The molecular weight excluding hydrogens is 354 g/mol. The fourth-order valence-electron chi connectivity index (χ4n) is 2.93. The predicted molar refractivity (Wildman–Crippen MR) is 111 cm³/mol. The van der Waals surface area contributed by atoms with E-state index in [0.717, 1.165) is 12.1 Å². The number of benzene rings is 2. The monoisotopic (exact) mass is 379 g/mol. The zero-order chi connectivity index (χ0) is 20.3. The molecule has 0 saturated carbocycles. The Morgan fingerprint density at radius 3 is 2.29 bits per heavy atom. The van der Waals surface area contributed by atoms with Crippen molar-refractivity contribution >= 4 is 34.8 Å². The molecule has 0 spiro atoms. The topological polar surface area (TPSA) is 78.5 Å². The van der Waals surface area contributed by atoms with Gasteiger partial charge in [-0.3, -0.25) is 14.4 Å². The molecule has 6 heteroatoms. The maximum atomic E-state index is 12.7. The molecule has 2 aromatic rings. The van der Waals surface area contributed by atoms with E-state index in [-0.39, 0.29) is 17.7 Å². The van der Waals surface area contributed by atoms with Gasteiger partial charge in [0.05, 0.1) is 0 Å². The van der Waals surface area contributed by atoms with E-state index in [1.54, 1.807) is 47.4 Å². The summed E-state index contributed by atoms with van der Waals surface area (Å²) in [4.78, 5) is 38.4. The van der Waals surface area contributed by atoms with Crippen molar-refractivity contribution < 1.29 is 14.4 Å². The highest BCUT2D eigenvalue weighted by atomic mass is 16.2. The van der Waals surface area contributed by atoms with E-state index >= 15 is 0 Å². The molecule has 28 heavy (non-hydrogen) atoms. The molecule has 2 aromatic carbocycles. The number of carbonyl (C=O) groups excluding carboxylic acids is 3. The molecule has 1 saturated heterocycles. The third kappa shape index (κ3) is 4.57. The van der Waals surface area contributed by atoms with E-state index in [2.05, 4.69) is 10.6 Å². The Morgan fingerprint density at radius 1 is 0.964 bits per heavy atom. The third-order valence-corrected chi connectivity index (χ3v) is 4.55. The number of carbonyl (C=O) groups is 3. The van der Waals surface area contributed by atoms with Crippen LogP contribution in [0.4, 0.5) is 17.1 Å². The van der Waals surface area contributed by atoms with Crippen LogP contribution >= 0.6 is 0 Å². The van der Waals surface area contributed by atoms with E-state index in [4.69, 9.17) is 0 Å². The molecule has 3 amide bonds. The summed E-state index contributed by atoms with van der Waals surface area (Å²) in [7, 11) is 0. The largest absolute Gasteiger partial charge is 0.326 e. The summed E-state index contributed by atoms with van der Waals surface area (Å²) >= 11 is 0. The van der Waals surface area contributed by atoms with Crippen molar-refractivity contribution in [2.45, 2.75) is 33.6 Å². The summed E-state index contributed by atoms with van der Waals surface area (Å²) in [5.41, 5.74) is 1.91. The standard InChI is InChI=1S/C22H25N3O3/c1-22(2,3)21(28)24-17-9-5-8-16(14-17)23-20(27)15-7-4-10-18(13-15)25-12-6-11-19(25)26/h4-5,7-10,13-14H,6,11-12H2,1-3H3,(H,23,27)(H,24,28). The second-order valence-electron chi connectivity index (χ2n) is 7.94. The van der Waals surface area contributed by atoms with Gasteiger partial charge in [0.15, 0.2) is 0 Å². The first kappa shape index (κ1) is 19.6. The van der Waals surface area contributed by atoms with E-state index in [1.807, 2.05) is 26.8 Å². The van der Waals surface area contributed by atoms with Gasteiger partial charge in [0.2, 0.25) is 11.8 Å². The molecule has 1 heterocycles. The summed E-state index contributed by atoms with van der Waals surface area (Å²) in [5, 5.41) is 5.70. The maximum absolute atomic E-state index is 12.7. The highest BCUT2D eigenvalue weighted by molar-refractivity contribution is 6.06. The van der Waals surface area contributed by atoms with Crippen molar-refractivity contribution in [1.82, 2.24) is 0 Å². The lowest BCUT2D eigenvalue weighted by atomic mass is 9.95. The van der Waals surface area contributed by atoms with Crippen LogP contribution in [0.1, 0.15) is 44.0 Å². The Morgan fingerprint density at radius 2 is 1.64 bits per heavy atom. The summed E-state index contributed by atoms with van der Waals surface area (Å²) in [5.74, 6) is -0.286. The Bertz CT molecular complexity index is 915. The number of hydrogen-bond acceptors (Lipinski definition) is 3. The van der Waals surface area contributed by atoms with Crippen molar-refractivity contribution in [1.29, 1.82) is 0 Å². The average molecular weight is 379 g/mol. The second-order valence-corrected chi connectivity index (χ2v) is 7.94. The number of nitrogens with one attached hydrogen (secondary N) is 2. The van der Waals surface area contributed by atoms with E-state index in [9.17, 15) is 14.4 Å². The number of amides is 3. The van der Waals surface area contributed by atoms with Gasteiger partial charge < -0.3 is 15.5 Å². The van der Waals surface area contributed by atoms with Gasteiger partial charge >= 0.3 is 0 Å². The second kappa shape index (κ2) is 7.84. The molecule has 0 atom stereocenters. The summed E-state index contributed by atoms with van der Waals surface area (Å²) in [6, 6.07) is 14.1. The van der Waals surface area contributed by atoms with Gasteiger partial charge in [-0.05, 0) is 42.8 Å². The van der Waals surface area contributed by atoms with Gasteiger partial charge in [-0.25, -0.2) is 0 Å². The van der Waals surface area contributed by atoms with Crippen LogP contribution < -0.4 is 15.5 Å². The molecule has 3 rings (SSSR count). The van der Waals surface area contributed by atoms with Gasteiger partial charge in [-0.1, -0.05) is 32.9 Å². The van der Waals surface area contributed by atoms with Crippen LogP contribution in [-0.2, 0) is 9.59 Å². The van der Waals surface area contributed by atoms with Gasteiger partial charge in [-0.2, -0.15) is 0 Å². The van der Waals surface area contributed by atoms with E-state index < -0.39 is 5.41 Å². The molecule has 1 aliphatic heterocycles. The molecule has 0 aromatic heterocycles. The van der Waals surface area contributed by atoms with Crippen molar-refractivity contribution in [3.63, 3.8) is 0 Å². The zero-order valence-corrected chi connectivity index (χ0v) is 16.4. The molecule has 0 aliphatic carbocycles. The minimum Gasteiger partial charge on any atom is -0.326 e.